The molecule has 0 saturated carbocycles. The smallest absolute Gasteiger partial charge is 0.408 e. The molecule has 0 radical (unpaired) electrons. The van der Waals surface area contributed by atoms with Crippen molar-refractivity contribution in [2.45, 2.75) is 97.5 Å². The third-order valence-electron chi connectivity index (χ3n) is 4.97. The maximum absolute atomic E-state index is 13.9. The first-order valence-electron chi connectivity index (χ1n) is 12.1. The zero-order valence-corrected chi connectivity index (χ0v) is 22.8. The van der Waals surface area contributed by atoms with Gasteiger partial charge in [-0.15, -0.1) is 0 Å². The van der Waals surface area contributed by atoms with Crippen LogP contribution in [0.2, 0.25) is 0 Å². The van der Waals surface area contributed by atoms with Crippen LogP contribution in [0.1, 0.15) is 85.4 Å². The number of benzene rings is 1. The Labute approximate surface area is 214 Å². The molecule has 0 aliphatic carbocycles. The quantitative estimate of drug-likeness (QED) is 0.449. The van der Waals surface area contributed by atoms with Gasteiger partial charge >= 0.3 is 6.09 Å². The molecule has 0 fully saturated rings. The van der Waals surface area contributed by atoms with E-state index in [2.05, 4.69) is 17.2 Å². The Hall–Kier alpha value is -3.36. The first-order chi connectivity index (χ1) is 16.4. The SMILES string of the molecule is C=Cc1cccc(C(C(=O)NC(C)(C)C)N(C(=O)C(CCC(N)=O)NC(=O)OC(C)(C)C)C(C)C)c1. The number of hydrogen-bond acceptors (Lipinski definition) is 5. The molecular formula is C27H42N4O5. The van der Waals surface area contributed by atoms with Gasteiger partial charge in [0, 0.05) is 18.0 Å². The zero-order valence-electron chi connectivity index (χ0n) is 22.8. The number of hydrogen-bond donors (Lipinski definition) is 3. The van der Waals surface area contributed by atoms with E-state index in [1.807, 2.05) is 26.8 Å². The van der Waals surface area contributed by atoms with Gasteiger partial charge in [0.15, 0.2) is 0 Å². The first-order valence-corrected chi connectivity index (χ1v) is 12.1. The van der Waals surface area contributed by atoms with E-state index >= 15 is 0 Å². The minimum atomic E-state index is -1.14. The van der Waals surface area contributed by atoms with Crippen molar-refractivity contribution in [3.63, 3.8) is 0 Å². The van der Waals surface area contributed by atoms with Crippen molar-refractivity contribution in [3.05, 3.63) is 42.0 Å². The maximum Gasteiger partial charge on any atom is 0.408 e. The minimum absolute atomic E-state index is 0.0447. The van der Waals surface area contributed by atoms with E-state index < -0.39 is 47.2 Å². The molecule has 9 nitrogen and oxygen atoms in total. The van der Waals surface area contributed by atoms with Gasteiger partial charge in [-0.2, -0.15) is 0 Å². The molecule has 0 spiro atoms. The first kappa shape index (κ1) is 30.7. The minimum Gasteiger partial charge on any atom is -0.444 e. The lowest BCUT2D eigenvalue weighted by Gasteiger charge is -2.38. The van der Waals surface area contributed by atoms with E-state index in [9.17, 15) is 19.2 Å². The van der Waals surface area contributed by atoms with Gasteiger partial charge in [-0.1, -0.05) is 30.9 Å². The molecule has 0 saturated heterocycles. The number of nitrogens with zero attached hydrogens (tertiary/aromatic N) is 1. The van der Waals surface area contributed by atoms with Crippen LogP contribution < -0.4 is 16.4 Å². The summed E-state index contributed by atoms with van der Waals surface area (Å²) in [6.07, 6.45) is 0.668. The number of nitrogens with two attached hydrogens (primary N) is 1. The van der Waals surface area contributed by atoms with Crippen molar-refractivity contribution < 1.29 is 23.9 Å². The van der Waals surface area contributed by atoms with Crippen LogP contribution in [-0.4, -0.2) is 51.9 Å². The summed E-state index contributed by atoms with van der Waals surface area (Å²) in [5.41, 5.74) is 5.35. The molecule has 1 rings (SSSR count). The number of alkyl carbamates (subject to hydrolysis) is 1. The van der Waals surface area contributed by atoms with Gasteiger partial charge in [-0.3, -0.25) is 14.4 Å². The van der Waals surface area contributed by atoms with E-state index in [1.54, 1.807) is 58.9 Å². The summed E-state index contributed by atoms with van der Waals surface area (Å²) < 4.78 is 5.33. The molecule has 2 atom stereocenters. The van der Waals surface area contributed by atoms with Crippen LogP contribution in [0.3, 0.4) is 0 Å². The number of nitrogens with one attached hydrogen (secondary N) is 2. The molecule has 0 aliphatic rings. The summed E-state index contributed by atoms with van der Waals surface area (Å²) in [5.74, 6) is -1.53. The number of carbonyl (C=O) groups is 4. The van der Waals surface area contributed by atoms with Crippen molar-refractivity contribution >= 4 is 29.9 Å². The topological polar surface area (TPSA) is 131 Å². The molecule has 36 heavy (non-hydrogen) atoms. The van der Waals surface area contributed by atoms with Gasteiger partial charge in [-0.05, 0) is 79.0 Å². The van der Waals surface area contributed by atoms with Crippen LogP contribution in [0.5, 0.6) is 0 Å². The normalized spacial score (nSPS) is 13.4. The fourth-order valence-corrected chi connectivity index (χ4v) is 3.59. The largest absolute Gasteiger partial charge is 0.444 e. The van der Waals surface area contributed by atoms with Gasteiger partial charge in [0.2, 0.25) is 17.7 Å². The molecule has 1 aromatic carbocycles. The average Bonchev–Trinajstić information content (AvgIpc) is 2.71. The van der Waals surface area contributed by atoms with Crippen molar-refractivity contribution in [1.29, 1.82) is 0 Å². The number of carbonyl (C=O) groups excluding carboxylic acids is 4. The lowest BCUT2D eigenvalue weighted by atomic mass is 9.97. The molecule has 4 N–H and O–H groups in total. The lowest BCUT2D eigenvalue weighted by Crippen LogP contribution is -2.56. The standard InChI is InChI=1S/C27H42N4O5/c1-10-18-12-11-13-19(16-18)22(23(33)30-26(4,5)6)31(17(2)3)24(34)20(14-15-21(28)32)29-25(35)36-27(7,8)9/h10-13,16-17,20,22H,1,14-15H2,2-9H3,(H2,28,32)(H,29,35)(H,30,33). The van der Waals surface area contributed by atoms with Crippen LogP contribution in [0.4, 0.5) is 4.79 Å². The van der Waals surface area contributed by atoms with Crippen LogP contribution in [0.15, 0.2) is 30.8 Å². The van der Waals surface area contributed by atoms with E-state index in [1.165, 1.54) is 4.90 Å². The van der Waals surface area contributed by atoms with Crippen molar-refractivity contribution in [2.75, 3.05) is 0 Å². The fraction of sp³-hybridized carbons (Fsp3) is 0.556. The molecule has 4 amide bonds. The highest BCUT2D eigenvalue weighted by molar-refractivity contribution is 5.93. The summed E-state index contributed by atoms with van der Waals surface area (Å²) >= 11 is 0. The van der Waals surface area contributed by atoms with E-state index in [-0.39, 0.29) is 18.7 Å². The summed E-state index contributed by atoms with van der Waals surface area (Å²) in [6.45, 7) is 18.0. The third kappa shape index (κ3) is 10.1. The number of primary amides is 1. The highest BCUT2D eigenvalue weighted by Crippen LogP contribution is 2.27. The third-order valence-corrected chi connectivity index (χ3v) is 4.97. The lowest BCUT2D eigenvalue weighted by molar-refractivity contribution is -0.145. The Morgan fingerprint density at radius 1 is 1.11 bits per heavy atom. The maximum atomic E-state index is 13.9. The Bertz CT molecular complexity index is 960. The molecule has 0 heterocycles. The Balaban J connectivity index is 3.55. The van der Waals surface area contributed by atoms with Crippen LogP contribution >= 0.6 is 0 Å². The van der Waals surface area contributed by atoms with E-state index in [0.717, 1.165) is 5.56 Å². The molecule has 1 aromatic rings. The molecule has 0 aromatic heterocycles. The Kier molecular flexibility index (Phi) is 10.7. The predicted molar refractivity (Wildman–Crippen MR) is 141 cm³/mol. The molecule has 200 valence electrons. The summed E-state index contributed by atoms with van der Waals surface area (Å²) in [6, 6.07) is 4.62. The van der Waals surface area contributed by atoms with Gasteiger partial charge in [0.05, 0.1) is 0 Å². The monoisotopic (exact) mass is 502 g/mol. The second kappa shape index (κ2) is 12.6. The molecule has 0 aliphatic heterocycles. The summed E-state index contributed by atoms with van der Waals surface area (Å²) in [5, 5.41) is 5.53. The van der Waals surface area contributed by atoms with Gasteiger partial charge in [-0.25, -0.2) is 4.79 Å². The van der Waals surface area contributed by atoms with Gasteiger partial charge in [0.1, 0.15) is 17.7 Å². The summed E-state index contributed by atoms with van der Waals surface area (Å²) in [4.78, 5) is 53.0. The summed E-state index contributed by atoms with van der Waals surface area (Å²) in [7, 11) is 0. The Morgan fingerprint density at radius 2 is 1.72 bits per heavy atom. The number of ether oxygens (including phenoxy) is 1. The zero-order chi connectivity index (χ0) is 27.8. The van der Waals surface area contributed by atoms with E-state index in [4.69, 9.17) is 10.5 Å². The molecule has 2 unspecified atom stereocenters. The second-order valence-electron chi connectivity index (χ2n) is 11.1. The van der Waals surface area contributed by atoms with Gasteiger partial charge < -0.3 is 26.0 Å². The highest BCUT2D eigenvalue weighted by atomic mass is 16.6. The van der Waals surface area contributed by atoms with Crippen LogP contribution in [0.25, 0.3) is 6.08 Å². The molecule has 0 bridgehead atoms. The average molecular weight is 503 g/mol. The van der Waals surface area contributed by atoms with Crippen molar-refractivity contribution in [2.24, 2.45) is 5.73 Å². The fourth-order valence-electron chi connectivity index (χ4n) is 3.59. The van der Waals surface area contributed by atoms with Crippen molar-refractivity contribution in [3.8, 4) is 0 Å². The van der Waals surface area contributed by atoms with E-state index in [0.29, 0.717) is 5.56 Å². The molecular weight excluding hydrogens is 460 g/mol. The van der Waals surface area contributed by atoms with Crippen LogP contribution in [-0.2, 0) is 19.1 Å². The second-order valence-corrected chi connectivity index (χ2v) is 11.1. The van der Waals surface area contributed by atoms with Crippen molar-refractivity contribution in [1.82, 2.24) is 15.5 Å². The number of rotatable bonds is 10. The number of amides is 4. The highest BCUT2D eigenvalue weighted by Gasteiger charge is 2.38. The van der Waals surface area contributed by atoms with Crippen LogP contribution in [0, 0.1) is 0 Å². The molecule has 9 heteroatoms. The Morgan fingerprint density at radius 3 is 2.19 bits per heavy atom. The van der Waals surface area contributed by atoms with Gasteiger partial charge in [0.25, 0.3) is 0 Å². The predicted octanol–water partition coefficient (Wildman–Crippen LogP) is 3.68.